The first-order valence-electron chi connectivity index (χ1n) is 21.9. The maximum Gasteiger partial charge on any atom is 0.322 e. The largest absolute Gasteiger partial charge is 0.481 e. The first-order chi connectivity index (χ1) is 28.9. The summed E-state index contributed by atoms with van der Waals surface area (Å²) in [6.45, 7) is 18.1. The van der Waals surface area contributed by atoms with Crippen LogP contribution in [0.5, 0.6) is 0 Å². The van der Waals surface area contributed by atoms with E-state index in [0.717, 1.165) is 51.4 Å². The lowest BCUT2D eigenvalue weighted by Gasteiger charge is -2.26. The number of carbonyl (C=O) groups is 10. The van der Waals surface area contributed by atoms with Crippen LogP contribution in [0.3, 0.4) is 0 Å². The minimum Gasteiger partial charge on any atom is -0.481 e. The molecule has 18 heteroatoms. The van der Waals surface area contributed by atoms with E-state index in [9.17, 15) is 47.9 Å². The molecule has 4 saturated carbocycles. The van der Waals surface area contributed by atoms with E-state index in [1.807, 2.05) is 41.5 Å². The molecule has 2 heterocycles. The number of urea groups is 1. The summed E-state index contributed by atoms with van der Waals surface area (Å²) >= 11 is 2.99. The van der Waals surface area contributed by atoms with Gasteiger partial charge in [0.15, 0.2) is 5.78 Å². The third-order valence-corrected chi connectivity index (χ3v) is 10.7. The van der Waals surface area contributed by atoms with Gasteiger partial charge in [-0.2, -0.15) is 0 Å². The minimum atomic E-state index is -0.927. The summed E-state index contributed by atoms with van der Waals surface area (Å²) in [5.74, 6) is -0.873. The molecule has 4 aliphatic carbocycles. The SMILES string of the molecule is CC(=O)C1CC1.CC(C)(C)OC(=O)CBr.CC(C)(C)OC(=O)CCC(=O)C1CC1.CC(C)(C)OC(=O)CCC1(C2CC2)NC(=O)NC1=O.O=C(O)CCC1(C2CC2)NC(=O)CC1=O. The van der Waals surface area contributed by atoms with Crippen LogP contribution in [-0.4, -0.2) is 97.4 Å². The molecule has 4 N–H and O–H groups in total. The van der Waals surface area contributed by atoms with Crippen molar-refractivity contribution in [2.24, 2.45) is 23.7 Å². The van der Waals surface area contributed by atoms with E-state index in [-0.39, 0.29) is 102 Å². The predicted octanol–water partition coefficient (Wildman–Crippen LogP) is 5.98. The number of hydrogen-bond acceptors (Lipinski definition) is 13. The van der Waals surface area contributed by atoms with Gasteiger partial charge >= 0.3 is 29.9 Å². The number of imide groups is 1. The molecular formula is C45H70BrN3O14. The fourth-order valence-corrected chi connectivity index (χ4v) is 6.92. The molecule has 6 fully saturated rings. The molecule has 2 atom stereocenters. The number of ketones is 3. The monoisotopic (exact) mass is 955 g/mol. The van der Waals surface area contributed by atoms with Crippen molar-refractivity contribution in [3.63, 3.8) is 0 Å². The fourth-order valence-electron chi connectivity index (χ4n) is 6.81. The van der Waals surface area contributed by atoms with E-state index in [1.165, 1.54) is 0 Å². The number of aliphatic carboxylic acids is 1. The Bertz CT molecular complexity index is 1710. The lowest BCUT2D eigenvalue weighted by Crippen LogP contribution is -2.49. The Morgan fingerprint density at radius 3 is 1.38 bits per heavy atom. The number of alkyl halides is 1. The second kappa shape index (κ2) is 23.1. The van der Waals surface area contributed by atoms with Gasteiger partial charge in [-0.3, -0.25) is 48.5 Å². The maximum atomic E-state index is 11.9. The molecule has 17 nitrogen and oxygen atoms in total. The molecule has 0 aromatic rings. The van der Waals surface area contributed by atoms with Crippen molar-refractivity contribution in [2.45, 2.75) is 193 Å². The zero-order valence-corrected chi connectivity index (χ0v) is 40.3. The molecule has 0 aromatic heterocycles. The second-order valence-electron chi connectivity index (χ2n) is 20.0. The number of hydrogen-bond donors (Lipinski definition) is 4. The van der Waals surface area contributed by atoms with Gasteiger partial charge in [-0.1, -0.05) is 15.9 Å². The van der Waals surface area contributed by atoms with E-state index in [4.69, 9.17) is 19.3 Å². The molecule has 2 unspecified atom stereocenters. The second-order valence-corrected chi connectivity index (χ2v) is 20.5. The highest BCUT2D eigenvalue weighted by molar-refractivity contribution is 9.09. The highest BCUT2D eigenvalue weighted by Gasteiger charge is 2.56. The molecule has 6 rings (SSSR count). The summed E-state index contributed by atoms with van der Waals surface area (Å²) in [7, 11) is 0. The van der Waals surface area contributed by atoms with Gasteiger partial charge in [0, 0.05) is 31.1 Å². The smallest absolute Gasteiger partial charge is 0.322 e. The highest BCUT2D eigenvalue weighted by Crippen LogP contribution is 2.45. The Morgan fingerprint density at radius 1 is 0.619 bits per heavy atom. The summed E-state index contributed by atoms with van der Waals surface area (Å²) in [4.78, 5) is 112. The summed E-state index contributed by atoms with van der Waals surface area (Å²) in [5.41, 5.74) is -3.10. The van der Waals surface area contributed by atoms with Crippen molar-refractivity contribution in [2.75, 3.05) is 5.33 Å². The molecule has 63 heavy (non-hydrogen) atoms. The Balaban J connectivity index is 0.000000283. The van der Waals surface area contributed by atoms with Crippen LogP contribution in [0.1, 0.15) is 166 Å². The number of ether oxygens (including phenoxy) is 3. The molecule has 2 saturated heterocycles. The first-order valence-corrected chi connectivity index (χ1v) is 23.0. The number of rotatable bonds is 14. The van der Waals surface area contributed by atoms with Crippen LogP contribution < -0.4 is 16.0 Å². The van der Waals surface area contributed by atoms with Gasteiger partial charge in [-0.15, -0.1) is 0 Å². The number of carbonyl (C=O) groups excluding carboxylic acids is 9. The number of nitrogens with one attached hydrogen (secondary N) is 3. The Hall–Kier alpha value is -4.22. The Morgan fingerprint density at radius 2 is 1.06 bits per heavy atom. The van der Waals surface area contributed by atoms with Gasteiger partial charge in [0.1, 0.15) is 44.8 Å². The first kappa shape index (κ1) is 54.9. The van der Waals surface area contributed by atoms with E-state index in [0.29, 0.717) is 24.5 Å². The van der Waals surface area contributed by atoms with Gasteiger partial charge in [0.2, 0.25) is 5.91 Å². The summed E-state index contributed by atoms with van der Waals surface area (Å²) in [6, 6.07) is -0.471. The number of esters is 3. The van der Waals surface area contributed by atoms with Crippen molar-refractivity contribution in [1.29, 1.82) is 0 Å². The molecule has 4 amide bonds. The minimum absolute atomic E-state index is 0.0669. The van der Waals surface area contributed by atoms with Crippen molar-refractivity contribution in [3.8, 4) is 0 Å². The fraction of sp³-hybridized carbons (Fsp3) is 0.778. The van der Waals surface area contributed by atoms with Gasteiger partial charge < -0.3 is 30.0 Å². The molecule has 2 aliphatic heterocycles. The van der Waals surface area contributed by atoms with E-state index in [2.05, 4.69) is 31.9 Å². The molecule has 0 spiro atoms. The van der Waals surface area contributed by atoms with Crippen molar-refractivity contribution >= 4 is 75.0 Å². The predicted molar refractivity (Wildman–Crippen MR) is 233 cm³/mol. The van der Waals surface area contributed by atoms with Crippen LogP contribution >= 0.6 is 15.9 Å². The average molecular weight is 957 g/mol. The third-order valence-electron chi connectivity index (χ3n) is 10.3. The third kappa shape index (κ3) is 21.3. The molecular weight excluding hydrogens is 886 g/mol. The number of halogens is 1. The summed E-state index contributed by atoms with van der Waals surface area (Å²) in [5, 5.41) is 16.5. The van der Waals surface area contributed by atoms with E-state index < -0.39 is 34.3 Å². The number of carboxylic acid groups (broad SMARTS) is 1. The quantitative estimate of drug-likeness (QED) is 0.0514. The van der Waals surface area contributed by atoms with Crippen molar-refractivity contribution < 1.29 is 67.3 Å². The number of Topliss-reactive ketones (excluding diaryl/α,β-unsaturated/α-hetero) is 3. The van der Waals surface area contributed by atoms with Gasteiger partial charge in [0.25, 0.3) is 5.91 Å². The normalized spacial score (nSPS) is 22.6. The topological polar surface area (TPSA) is 255 Å². The van der Waals surface area contributed by atoms with Gasteiger partial charge in [0.05, 0.1) is 12.8 Å². The van der Waals surface area contributed by atoms with Crippen LogP contribution in [0.2, 0.25) is 0 Å². The van der Waals surface area contributed by atoms with Crippen molar-refractivity contribution in [1.82, 2.24) is 16.0 Å². The molecule has 6 aliphatic rings. The molecule has 0 aromatic carbocycles. The lowest BCUT2D eigenvalue weighted by molar-refractivity contribution is -0.156. The number of amides is 4. The van der Waals surface area contributed by atoms with Crippen LogP contribution in [0.25, 0.3) is 0 Å². The van der Waals surface area contributed by atoms with E-state index in [1.54, 1.807) is 27.7 Å². The molecule has 356 valence electrons. The summed E-state index contributed by atoms with van der Waals surface area (Å²) < 4.78 is 15.2. The van der Waals surface area contributed by atoms with Crippen molar-refractivity contribution in [3.05, 3.63) is 0 Å². The van der Waals surface area contributed by atoms with Crippen LogP contribution in [-0.2, 0) is 57.4 Å². The zero-order valence-electron chi connectivity index (χ0n) is 38.8. The average Bonchev–Trinajstić information content (AvgIpc) is 3.94. The molecule has 0 radical (unpaired) electrons. The highest BCUT2D eigenvalue weighted by atomic mass is 79.9. The van der Waals surface area contributed by atoms with Gasteiger partial charge in [-0.05, 0) is 145 Å². The van der Waals surface area contributed by atoms with Crippen LogP contribution in [0.4, 0.5) is 4.79 Å². The molecule has 0 bridgehead atoms. The van der Waals surface area contributed by atoms with Gasteiger partial charge in [-0.25, -0.2) is 4.79 Å². The number of carboxylic acids is 1. The summed E-state index contributed by atoms with van der Waals surface area (Å²) in [6.07, 6.45) is 9.01. The van der Waals surface area contributed by atoms with E-state index >= 15 is 0 Å². The van der Waals surface area contributed by atoms with Crippen LogP contribution in [0.15, 0.2) is 0 Å². The Labute approximate surface area is 379 Å². The zero-order chi connectivity index (χ0) is 48.1. The Kier molecular flexibility index (Phi) is 20.1. The maximum absolute atomic E-state index is 11.9. The van der Waals surface area contributed by atoms with Crippen LogP contribution in [0, 0.1) is 23.7 Å². The standard InChI is InChI=1S/C13H20N2O4.C11H18O3.C10H13NO4.C6H11BrO2.C5H8O/c1-12(2,3)19-9(16)6-7-13(8-4-5-8)10(17)14-11(18)15-13;1-11(2,3)14-10(13)7-6-9(12)8-4-5-8;12-7-5-8(13)11-10(7,6-1-2-6)4-3-9(14)15;1-6(2,3)9-5(8)4-7;1-4(6)5-2-3-5/h8H,4-7H2,1-3H3,(H2,14,15,17,18);8H,4-7H2,1-3H3;6H,1-5H2,(H,11,13)(H,14,15);4H2,1-3H3;5H,2-3H2,1H3. The lowest BCUT2D eigenvalue weighted by atomic mass is 9.85.